The number of nitrogens with one attached hydrogen (secondary N) is 1. The van der Waals surface area contributed by atoms with Crippen molar-refractivity contribution < 1.29 is 0 Å². The van der Waals surface area contributed by atoms with E-state index in [9.17, 15) is 0 Å². The number of aromatic nitrogens is 1. The second-order valence-electron chi connectivity index (χ2n) is 6.41. The standard InChI is InChI=1S/C16H27N3S/c1-3-10-17-16(8-11-19(2)12-9-16)15-18-13-6-4-5-7-14(13)20-15/h17H,3-12H2,1-2H3. The third kappa shape index (κ3) is 2.78. The lowest BCUT2D eigenvalue weighted by atomic mass is 9.88. The summed E-state index contributed by atoms with van der Waals surface area (Å²) in [6, 6.07) is 0. The predicted octanol–water partition coefficient (Wildman–Crippen LogP) is 2.94. The first-order valence-corrected chi connectivity index (χ1v) is 8.98. The van der Waals surface area contributed by atoms with Gasteiger partial charge in [-0.2, -0.15) is 0 Å². The molecule has 2 heterocycles. The van der Waals surface area contributed by atoms with E-state index in [2.05, 4.69) is 24.2 Å². The van der Waals surface area contributed by atoms with Crippen molar-refractivity contribution in [3.05, 3.63) is 15.6 Å². The summed E-state index contributed by atoms with van der Waals surface area (Å²) < 4.78 is 0. The fourth-order valence-electron chi connectivity index (χ4n) is 3.39. The second kappa shape index (κ2) is 6.12. The van der Waals surface area contributed by atoms with Gasteiger partial charge in [-0.1, -0.05) is 6.92 Å². The number of likely N-dealkylation sites (tertiary alicyclic amines) is 1. The molecule has 1 fully saturated rings. The Morgan fingerprint density at radius 3 is 2.70 bits per heavy atom. The van der Waals surface area contributed by atoms with E-state index in [1.807, 2.05) is 11.3 Å². The summed E-state index contributed by atoms with van der Waals surface area (Å²) in [6.07, 6.45) is 8.75. The molecule has 2 aliphatic rings. The molecule has 0 amide bonds. The van der Waals surface area contributed by atoms with Crippen molar-refractivity contribution in [1.29, 1.82) is 0 Å². The van der Waals surface area contributed by atoms with Crippen molar-refractivity contribution in [2.24, 2.45) is 0 Å². The minimum Gasteiger partial charge on any atom is -0.306 e. The Kier molecular flexibility index (Phi) is 4.43. The predicted molar refractivity (Wildman–Crippen MR) is 85.5 cm³/mol. The van der Waals surface area contributed by atoms with Crippen molar-refractivity contribution in [3.8, 4) is 0 Å². The molecular formula is C16H27N3S. The lowest BCUT2D eigenvalue weighted by molar-refractivity contribution is 0.156. The van der Waals surface area contributed by atoms with Gasteiger partial charge in [-0.3, -0.25) is 0 Å². The molecule has 1 aliphatic carbocycles. The van der Waals surface area contributed by atoms with Gasteiger partial charge in [-0.15, -0.1) is 11.3 Å². The van der Waals surface area contributed by atoms with Gasteiger partial charge in [0.25, 0.3) is 0 Å². The maximum absolute atomic E-state index is 5.06. The van der Waals surface area contributed by atoms with E-state index in [-0.39, 0.29) is 5.54 Å². The molecule has 0 radical (unpaired) electrons. The summed E-state index contributed by atoms with van der Waals surface area (Å²) >= 11 is 2.00. The van der Waals surface area contributed by atoms with Crippen LogP contribution in [0.2, 0.25) is 0 Å². The monoisotopic (exact) mass is 293 g/mol. The van der Waals surface area contributed by atoms with Gasteiger partial charge in [-0.25, -0.2) is 4.98 Å². The van der Waals surface area contributed by atoms with Crippen LogP contribution in [-0.2, 0) is 18.4 Å². The Labute approximate surface area is 126 Å². The summed E-state index contributed by atoms with van der Waals surface area (Å²) in [6.45, 7) is 5.72. The van der Waals surface area contributed by atoms with Gasteiger partial charge in [0.2, 0.25) is 0 Å². The first kappa shape index (κ1) is 14.5. The lowest BCUT2D eigenvalue weighted by Gasteiger charge is -2.40. The SMILES string of the molecule is CCCNC1(c2nc3c(s2)CCCC3)CCN(C)CC1. The highest BCUT2D eigenvalue weighted by molar-refractivity contribution is 7.11. The highest BCUT2D eigenvalue weighted by Crippen LogP contribution is 2.38. The van der Waals surface area contributed by atoms with Crippen molar-refractivity contribution in [2.45, 2.75) is 57.4 Å². The fourth-order valence-corrected chi connectivity index (χ4v) is 4.76. The van der Waals surface area contributed by atoms with Crippen LogP contribution < -0.4 is 5.32 Å². The zero-order valence-electron chi connectivity index (χ0n) is 12.9. The molecular weight excluding hydrogens is 266 g/mol. The van der Waals surface area contributed by atoms with Gasteiger partial charge >= 0.3 is 0 Å². The first-order chi connectivity index (χ1) is 9.73. The van der Waals surface area contributed by atoms with Crippen molar-refractivity contribution in [3.63, 3.8) is 0 Å². The highest BCUT2D eigenvalue weighted by atomic mass is 32.1. The number of fused-ring (bicyclic) bond motifs is 1. The summed E-state index contributed by atoms with van der Waals surface area (Å²) in [5.74, 6) is 0. The van der Waals surface area contributed by atoms with Crippen LogP contribution in [0.5, 0.6) is 0 Å². The van der Waals surface area contributed by atoms with Gasteiger partial charge in [0.05, 0.1) is 11.2 Å². The quantitative estimate of drug-likeness (QED) is 0.925. The van der Waals surface area contributed by atoms with Crippen LogP contribution in [0, 0.1) is 0 Å². The van der Waals surface area contributed by atoms with Crippen LogP contribution in [0.25, 0.3) is 0 Å². The van der Waals surface area contributed by atoms with Crippen LogP contribution >= 0.6 is 11.3 Å². The molecule has 1 N–H and O–H groups in total. The molecule has 1 aliphatic heterocycles. The molecule has 1 aromatic heterocycles. The number of rotatable bonds is 4. The molecule has 112 valence electrons. The molecule has 0 unspecified atom stereocenters. The van der Waals surface area contributed by atoms with E-state index in [0.717, 1.165) is 6.54 Å². The van der Waals surface area contributed by atoms with Gasteiger partial charge in [0.15, 0.2) is 0 Å². The van der Waals surface area contributed by atoms with Crippen molar-refractivity contribution >= 4 is 11.3 Å². The van der Waals surface area contributed by atoms with Crippen LogP contribution in [0.3, 0.4) is 0 Å². The highest BCUT2D eigenvalue weighted by Gasteiger charge is 2.38. The number of hydrogen-bond acceptors (Lipinski definition) is 4. The average molecular weight is 293 g/mol. The first-order valence-electron chi connectivity index (χ1n) is 8.16. The third-order valence-electron chi connectivity index (χ3n) is 4.81. The summed E-state index contributed by atoms with van der Waals surface area (Å²) in [7, 11) is 2.23. The van der Waals surface area contributed by atoms with E-state index in [0.29, 0.717) is 0 Å². The minimum atomic E-state index is 0.157. The Balaban J connectivity index is 1.86. The number of piperidine rings is 1. The zero-order chi connectivity index (χ0) is 14.0. The molecule has 3 rings (SSSR count). The number of thiazole rings is 1. The van der Waals surface area contributed by atoms with Gasteiger partial charge < -0.3 is 10.2 Å². The molecule has 0 aromatic carbocycles. The number of nitrogens with zero attached hydrogens (tertiary/aromatic N) is 2. The van der Waals surface area contributed by atoms with E-state index in [4.69, 9.17) is 4.98 Å². The molecule has 0 atom stereocenters. The molecule has 1 saturated heterocycles. The second-order valence-corrected chi connectivity index (χ2v) is 7.49. The molecule has 1 aromatic rings. The zero-order valence-corrected chi connectivity index (χ0v) is 13.7. The van der Waals surface area contributed by atoms with Crippen molar-refractivity contribution in [2.75, 3.05) is 26.7 Å². The topological polar surface area (TPSA) is 28.2 Å². The van der Waals surface area contributed by atoms with Gasteiger partial charge in [0, 0.05) is 18.0 Å². The molecule has 3 nitrogen and oxygen atoms in total. The van der Waals surface area contributed by atoms with Gasteiger partial charge in [0.1, 0.15) is 5.01 Å². The largest absolute Gasteiger partial charge is 0.306 e. The molecule has 0 spiro atoms. The van der Waals surface area contributed by atoms with Crippen molar-refractivity contribution in [1.82, 2.24) is 15.2 Å². The van der Waals surface area contributed by atoms with Crippen LogP contribution in [0.4, 0.5) is 0 Å². The number of hydrogen-bond donors (Lipinski definition) is 1. The third-order valence-corrected chi connectivity index (χ3v) is 6.17. The molecule has 0 saturated carbocycles. The van der Waals surface area contributed by atoms with Crippen LogP contribution in [-0.4, -0.2) is 36.6 Å². The Hall–Kier alpha value is -0.450. The maximum Gasteiger partial charge on any atom is 0.113 e. The minimum absolute atomic E-state index is 0.157. The van der Waals surface area contributed by atoms with E-state index in [1.54, 1.807) is 4.88 Å². The van der Waals surface area contributed by atoms with Gasteiger partial charge in [-0.05, 0) is 58.5 Å². The molecule has 0 bridgehead atoms. The van der Waals surface area contributed by atoms with E-state index in [1.165, 1.54) is 68.7 Å². The summed E-state index contributed by atoms with van der Waals surface area (Å²) in [5, 5.41) is 5.23. The van der Waals surface area contributed by atoms with E-state index < -0.39 is 0 Å². The number of aryl methyl sites for hydroxylation is 2. The summed E-state index contributed by atoms with van der Waals surface area (Å²) in [5.41, 5.74) is 1.57. The lowest BCUT2D eigenvalue weighted by Crippen LogP contribution is -2.50. The molecule has 4 heteroatoms. The normalized spacial score (nSPS) is 22.7. The van der Waals surface area contributed by atoms with Crippen LogP contribution in [0.15, 0.2) is 0 Å². The fraction of sp³-hybridized carbons (Fsp3) is 0.812. The maximum atomic E-state index is 5.06. The molecule has 20 heavy (non-hydrogen) atoms. The Morgan fingerprint density at radius 2 is 2.00 bits per heavy atom. The summed E-state index contributed by atoms with van der Waals surface area (Å²) in [4.78, 5) is 9.08. The Bertz CT molecular complexity index is 418. The van der Waals surface area contributed by atoms with E-state index >= 15 is 0 Å². The van der Waals surface area contributed by atoms with Crippen LogP contribution in [0.1, 0.15) is 54.6 Å². The Morgan fingerprint density at radius 1 is 1.25 bits per heavy atom. The smallest absolute Gasteiger partial charge is 0.113 e. The average Bonchev–Trinajstić information content (AvgIpc) is 2.91.